The van der Waals surface area contributed by atoms with Crippen LogP contribution in [0.2, 0.25) is 0 Å². The minimum atomic E-state index is -0.335. The third-order valence-electron chi connectivity index (χ3n) is 4.81. The summed E-state index contributed by atoms with van der Waals surface area (Å²) in [6, 6.07) is 11.3. The van der Waals surface area contributed by atoms with Gasteiger partial charge < -0.3 is 20.4 Å². The lowest BCUT2D eigenvalue weighted by atomic mass is 10.3. The summed E-state index contributed by atoms with van der Waals surface area (Å²) >= 11 is 0. The molecule has 0 spiro atoms. The van der Waals surface area contributed by atoms with Gasteiger partial charge >= 0.3 is 6.03 Å². The normalized spacial score (nSPS) is 13.8. The number of rotatable bonds is 4. The molecule has 0 saturated carbocycles. The van der Waals surface area contributed by atoms with E-state index in [1.54, 1.807) is 23.2 Å². The third kappa shape index (κ3) is 4.80. The Morgan fingerprint density at radius 3 is 2.43 bits per heavy atom. The van der Waals surface area contributed by atoms with E-state index in [1.807, 2.05) is 25.1 Å². The van der Waals surface area contributed by atoms with Crippen LogP contribution in [0.1, 0.15) is 5.56 Å². The summed E-state index contributed by atoms with van der Waals surface area (Å²) in [5.41, 5.74) is 1.68. The van der Waals surface area contributed by atoms with E-state index in [0.717, 1.165) is 17.2 Å². The van der Waals surface area contributed by atoms with E-state index in [0.29, 0.717) is 37.7 Å². The lowest BCUT2D eigenvalue weighted by molar-refractivity contribution is 0.208. The lowest BCUT2D eigenvalue weighted by Crippen LogP contribution is -2.50. The van der Waals surface area contributed by atoms with Gasteiger partial charge in [0.05, 0.1) is 0 Å². The van der Waals surface area contributed by atoms with E-state index in [1.165, 1.54) is 18.5 Å². The van der Waals surface area contributed by atoms with Gasteiger partial charge in [-0.05, 0) is 48.9 Å². The predicted octanol–water partition coefficient (Wildman–Crippen LogP) is 3.42. The number of nitrogens with zero attached hydrogens (tertiary/aromatic N) is 5. The van der Waals surface area contributed by atoms with Crippen LogP contribution in [0.4, 0.5) is 32.3 Å². The number of piperazine rings is 1. The van der Waals surface area contributed by atoms with E-state index in [-0.39, 0.29) is 11.8 Å². The molecule has 4 rings (SSSR count). The Balaban J connectivity index is 1.34. The molecule has 0 aliphatic carbocycles. The number of hydrogen-bond donors (Lipinski definition) is 2. The second-order valence-electron chi connectivity index (χ2n) is 7.02. The Morgan fingerprint density at radius 2 is 1.70 bits per heavy atom. The van der Waals surface area contributed by atoms with Crippen LogP contribution < -0.4 is 15.5 Å². The van der Waals surface area contributed by atoms with Crippen molar-refractivity contribution in [3.8, 4) is 0 Å². The number of urea groups is 1. The lowest BCUT2D eigenvalue weighted by Gasteiger charge is -2.35. The Kier molecular flexibility index (Phi) is 5.69. The van der Waals surface area contributed by atoms with E-state index >= 15 is 0 Å². The van der Waals surface area contributed by atoms with E-state index in [9.17, 15) is 9.18 Å². The summed E-state index contributed by atoms with van der Waals surface area (Å²) in [5, 5.41) is 5.99. The molecule has 1 aliphatic heterocycles. The monoisotopic (exact) mass is 407 g/mol. The van der Waals surface area contributed by atoms with Gasteiger partial charge in [-0.15, -0.1) is 0 Å². The third-order valence-corrected chi connectivity index (χ3v) is 4.81. The first-order valence-corrected chi connectivity index (χ1v) is 9.65. The molecule has 2 amide bonds. The van der Waals surface area contributed by atoms with Gasteiger partial charge in [0.25, 0.3) is 0 Å². The van der Waals surface area contributed by atoms with Crippen molar-refractivity contribution in [1.29, 1.82) is 0 Å². The highest BCUT2D eigenvalue weighted by atomic mass is 19.1. The maximum atomic E-state index is 13.0. The number of anilines is 4. The fourth-order valence-corrected chi connectivity index (χ4v) is 3.20. The number of amides is 2. The van der Waals surface area contributed by atoms with Crippen molar-refractivity contribution in [3.05, 3.63) is 66.4 Å². The van der Waals surface area contributed by atoms with Crippen molar-refractivity contribution in [2.45, 2.75) is 6.92 Å². The highest BCUT2D eigenvalue weighted by Crippen LogP contribution is 2.19. The average Bonchev–Trinajstić information content (AvgIpc) is 2.76. The smallest absolute Gasteiger partial charge is 0.321 e. The number of aromatic nitrogens is 3. The zero-order chi connectivity index (χ0) is 20.9. The van der Waals surface area contributed by atoms with Crippen molar-refractivity contribution in [3.63, 3.8) is 0 Å². The summed E-state index contributed by atoms with van der Waals surface area (Å²) in [6.45, 7) is 4.41. The molecule has 0 unspecified atom stereocenters. The maximum Gasteiger partial charge on any atom is 0.321 e. The quantitative estimate of drug-likeness (QED) is 0.689. The van der Waals surface area contributed by atoms with Gasteiger partial charge in [0.1, 0.15) is 29.6 Å². The van der Waals surface area contributed by atoms with Crippen LogP contribution in [-0.4, -0.2) is 52.1 Å². The zero-order valence-electron chi connectivity index (χ0n) is 16.5. The summed E-state index contributed by atoms with van der Waals surface area (Å²) in [5.74, 6) is 1.84. The summed E-state index contributed by atoms with van der Waals surface area (Å²) in [4.78, 5) is 29.2. The molecule has 9 heteroatoms. The van der Waals surface area contributed by atoms with Crippen LogP contribution in [-0.2, 0) is 0 Å². The van der Waals surface area contributed by atoms with Crippen molar-refractivity contribution in [2.24, 2.45) is 0 Å². The Labute approximate surface area is 173 Å². The molecule has 1 aromatic carbocycles. The molecule has 1 fully saturated rings. The molecule has 0 radical (unpaired) electrons. The zero-order valence-corrected chi connectivity index (χ0v) is 16.5. The standard InChI is InChI=1S/C21H22FN7O/c1-15-6-7-23-18(12-15)27-19-13-20(25-14-24-19)28-8-10-29(11-9-28)21(30)26-17-4-2-16(22)3-5-17/h2-7,12-14H,8-11H2,1H3,(H,26,30)(H,23,24,25,27). The van der Waals surface area contributed by atoms with Crippen molar-refractivity contribution in [1.82, 2.24) is 19.9 Å². The molecular formula is C21H22FN7O. The number of aryl methyl sites for hydroxylation is 1. The summed E-state index contributed by atoms with van der Waals surface area (Å²) in [7, 11) is 0. The first-order chi connectivity index (χ1) is 14.6. The molecule has 0 atom stereocenters. The topological polar surface area (TPSA) is 86.3 Å². The fraction of sp³-hybridized carbons (Fsp3) is 0.238. The van der Waals surface area contributed by atoms with Crippen LogP contribution in [0.3, 0.4) is 0 Å². The number of hydrogen-bond acceptors (Lipinski definition) is 6. The molecule has 8 nitrogen and oxygen atoms in total. The van der Waals surface area contributed by atoms with Gasteiger partial charge in [0.2, 0.25) is 0 Å². The number of pyridine rings is 1. The molecule has 3 aromatic rings. The largest absolute Gasteiger partial charge is 0.353 e. The van der Waals surface area contributed by atoms with Crippen molar-refractivity contribution in [2.75, 3.05) is 41.7 Å². The Hall–Kier alpha value is -3.75. The SMILES string of the molecule is Cc1ccnc(Nc2cc(N3CCN(C(=O)Nc4ccc(F)cc4)CC3)ncn2)c1. The van der Waals surface area contributed by atoms with Gasteiger partial charge in [-0.1, -0.05) is 0 Å². The summed E-state index contributed by atoms with van der Waals surface area (Å²) < 4.78 is 13.0. The molecule has 30 heavy (non-hydrogen) atoms. The number of halogens is 1. The van der Waals surface area contributed by atoms with Gasteiger partial charge in [0.15, 0.2) is 0 Å². The average molecular weight is 407 g/mol. The molecular weight excluding hydrogens is 385 g/mol. The van der Waals surface area contributed by atoms with Crippen molar-refractivity contribution < 1.29 is 9.18 Å². The van der Waals surface area contributed by atoms with Crippen LogP contribution >= 0.6 is 0 Å². The Bertz CT molecular complexity index is 1020. The van der Waals surface area contributed by atoms with E-state index < -0.39 is 0 Å². The molecule has 154 valence electrons. The van der Waals surface area contributed by atoms with Gasteiger partial charge in [-0.3, -0.25) is 0 Å². The number of carbonyl (C=O) groups excluding carboxylic acids is 1. The van der Waals surface area contributed by atoms with Gasteiger partial charge in [0, 0.05) is 44.1 Å². The second-order valence-corrected chi connectivity index (χ2v) is 7.02. The van der Waals surface area contributed by atoms with Crippen LogP contribution in [0.5, 0.6) is 0 Å². The highest BCUT2D eigenvalue weighted by molar-refractivity contribution is 5.89. The van der Waals surface area contributed by atoms with E-state index in [2.05, 4.69) is 30.5 Å². The predicted molar refractivity (Wildman–Crippen MR) is 113 cm³/mol. The van der Waals surface area contributed by atoms with Gasteiger partial charge in [-0.25, -0.2) is 24.1 Å². The molecule has 2 N–H and O–H groups in total. The maximum absolute atomic E-state index is 13.0. The molecule has 1 aliphatic rings. The number of benzene rings is 1. The second kappa shape index (κ2) is 8.73. The van der Waals surface area contributed by atoms with Crippen LogP contribution in [0, 0.1) is 12.7 Å². The Morgan fingerprint density at radius 1 is 0.967 bits per heavy atom. The van der Waals surface area contributed by atoms with E-state index in [4.69, 9.17) is 0 Å². The highest BCUT2D eigenvalue weighted by Gasteiger charge is 2.22. The van der Waals surface area contributed by atoms with Crippen molar-refractivity contribution >= 4 is 29.2 Å². The fourth-order valence-electron chi connectivity index (χ4n) is 3.20. The number of nitrogens with one attached hydrogen (secondary N) is 2. The van der Waals surface area contributed by atoms with Crippen LogP contribution in [0.25, 0.3) is 0 Å². The molecule has 3 heterocycles. The van der Waals surface area contributed by atoms with Crippen LogP contribution in [0.15, 0.2) is 55.0 Å². The minimum Gasteiger partial charge on any atom is -0.353 e. The molecule has 2 aromatic heterocycles. The first-order valence-electron chi connectivity index (χ1n) is 9.65. The minimum absolute atomic E-state index is 0.197. The number of carbonyl (C=O) groups is 1. The first kappa shape index (κ1) is 19.6. The summed E-state index contributed by atoms with van der Waals surface area (Å²) in [6.07, 6.45) is 3.26. The molecule has 1 saturated heterocycles. The van der Waals surface area contributed by atoms with Gasteiger partial charge in [-0.2, -0.15) is 0 Å². The molecule has 0 bridgehead atoms.